The number of methoxy groups -OCH3 is 1. The van der Waals surface area contributed by atoms with Crippen molar-refractivity contribution in [2.24, 2.45) is 0 Å². The molecule has 1 amide bonds. The number of aryl methyl sites for hydroxylation is 2. The lowest BCUT2D eigenvalue weighted by Crippen LogP contribution is -2.30. The summed E-state index contributed by atoms with van der Waals surface area (Å²) in [6, 6.07) is 17.9. The molecule has 1 unspecified atom stereocenters. The van der Waals surface area contributed by atoms with Gasteiger partial charge in [0.05, 0.1) is 31.0 Å². The number of Topliss-reactive ketones (excluding diaryl/α,β-unsaturated/α-hetero) is 1. The van der Waals surface area contributed by atoms with Gasteiger partial charge in [-0.1, -0.05) is 64.1 Å². The third-order valence-electron chi connectivity index (χ3n) is 7.12. The minimum atomic E-state index is -0.841. The molecule has 3 aromatic rings. The van der Waals surface area contributed by atoms with Crippen LogP contribution >= 0.6 is 0 Å². The van der Waals surface area contributed by atoms with Gasteiger partial charge in [-0.25, -0.2) is 0 Å². The van der Waals surface area contributed by atoms with E-state index in [1.54, 1.807) is 25.3 Å². The van der Waals surface area contributed by atoms with Crippen molar-refractivity contribution < 1.29 is 24.2 Å². The molecule has 4 rings (SSSR count). The fraction of sp³-hybridized carbons (Fsp3) is 0.333. The smallest absolute Gasteiger partial charge is 0.300 e. The topological polar surface area (TPSA) is 76.1 Å². The highest BCUT2D eigenvalue weighted by Crippen LogP contribution is 2.45. The molecule has 1 fully saturated rings. The van der Waals surface area contributed by atoms with Crippen LogP contribution in [-0.2, 0) is 15.0 Å². The van der Waals surface area contributed by atoms with Crippen molar-refractivity contribution in [3.05, 3.63) is 94.1 Å². The second kappa shape index (κ2) is 11.0. The summed E-state index contributed by atoms with van der Waals surface area (Å²) in [5, 5.41) is 11.7. The lowest BCUT2D eigenvalue weighted by molar-refractivity contribution is -0.132. The van der Waals surface area contributed by atoms with Crippen LogP contribution in [0.2, 0.25) is 0 Å². The summed E-state index contributed by atoms with van der Waals surface area (Å²) in [6.45, 7) is 12.6. The van der Waals surface area contributed by atoms with Crippen molar-refractivity contribution in [2.45, 2.75) is 59.4 Å². The number of nitrogens with zero attached hydrogens (tertiary/aromatic N) is 1. The van der Waals surface area contributed by atoms with Crippen molar-refractivity contribution in [3.8, 4) is 11.5 Å². The number of hydrogen-bond acceptors (Lipinski definition) is 5. The fourth-order valence-electron chi connectivity index (χ4n) is 4.96. The van der Waals surface area contributed by atoms with E-state index in [9.17, 15) is 14.7 Å². The van der Waals surface area contributed by atoms with Crippen LogP contribution in [0, 0.1) is 13.8 Å². The molecule has 6 heteroatoms. The molecule has 204 valence electrons. The average Bonchev–Trinajstić information content (AvgIpc) is 3.17. The molecule has 0 saturated carbocycles. The van der Waals surface area contributed by atoms with Crippen LogP contribution in [0.3, 0.4) is 0 Å². The van der Waals surface area contributed by atoms with Crippen molar-refractivity contribution in [3.63, 3.8) is 0 Å². The van der Waals surface area contributed by atoms with Gasteiger partial charge in [0.15, 0.2) is 0 Å². The molecule has 3 aromatic carbocycles. The molecule has 1 N–H and O–H groups in total. The van der Waals surface area contributed by atoms with Gasteiger partial charge >= 0.3 is 0 Å². The first kappa shape index (κ1) is 28.0. The number of aliphatic hydroxyl groups excluding tert-OH is 1. The first-order valence-electron chi connectivity index (χ1n) is 13.3. The SMILES string of the molecule is CCCOc1ccccc1N1C(=O)C(=O)/C(=C(/O)c2cc(C)c(OC)cc2C)C1c1ccc(C(C)(C)C)cc1. The lowest BCUT2D eigenvalue weighted by atomic mass is 9.85. The summed E-state index contributed by atoms with van der Waals surface area (Å²) < 4.78 is 11.4. The number of ketones is 1. The Morgan fingerprint density at radius 3 is 2.23 bits per heavy atom. The Labute approximate surface area is 230 Å². The van der Waals surface area contributed by atoms with E-state index in [-0.39, 0.29) is 16.7 Å². The van der Waals surface area contributed by atoms with Gasteiger partial charge in [0.25, 0.3) is 11.7 Å². The van der Waals surface area contributed by atoms with Gasteiger partial charge in [0.1, 0.15) is 17.3 Å². The maximum absolute atomic E-state index is 13.7. The Hall–Kier alpha value is -4.06. The van der Waals surface area contributed by atoms with E-state index < -0.39 is 17.7 Å². The fourth-order valence-corrected chi connectivity index (χ4v) is 4.96. The Morgan fingerprint density at radius 2 is 1.62 bits per heavy atom. The van der Waals surface area contributed by atoms with Crippen molar-refractivity contribution in [1.29, 1.82) is 0 Å². The van der Waals surface area contributed by atoms with E-state index in [2.05, 4.69) is 20.8 Å². The van der Waals surface area contributed by atoms with E-state index in [0.29, 0.717) is 29.4 Å². The zero-order chi connectivity index (χ0) is 28.5. The number of anilines is 1. The van der Waals surface area contributed by atoms with E-state index in [1.807, 2.05) is 63.2 Å². The third kappa shape index (κ3) is 5.29. The first-order valence-corrected chi connectivity index (χ1v) is 13.3. The van der Waals surface area contributed by atoms with Crippen molar-refractivity contribution in [1.82, 2.24) is 0 Å². The molecule has 0 bridgehead atoms. The molecule has 0 spiro atoms. The minimum Gasteiger partial charge on any atom is -0.507 e. The van der Waals surface area contributed by atoms with Crippen LogP contribution in [0.15, 0.2) is 66.2 Å². The predicted molar refractivity (Wildman–Crippen MR) is 155 cm³/mol. The monoisotopic (exact) mass is 527 g/mol. The number of amides is 1. The second-order valence-electron chi connectivity index (χ2n) is 11.0. The molecular formula is C33H37NO5. The molecule has 0 aliphatic carbocycles. The van der Waals surface area contributed by atoms with Gasteiger partial charge in [-0.15, -0.1) is 0 Å². The number of rotatable bonds is 7. The van der Waals surface area contributed by atoms with E-state index in [0.717, 1.165) is 28.7 Å². The summed E-state index contributed by atoms with van der Waals surface area (Å²) in [6.07, 6.45) is 0.793. The van der Waals surface area contributed by atoms with Gasteiger partial charge in [0, 0.05) is 5.56 Å². The van der Waals surface area contributed by atoms with Gasteiger partial charge in [-0.05, 0) is 72.2 Å². The molecule has 1 atom stereocenters. The Morgan fingerprint density at radius 1 is 0.949 bits per heavy atom. The van der Waals surface area contributed by atoms with Crippen LogP contribution in [0.1, 0.15) is 68.0 Å². The molecule has 39 heavy (non-hydrogen) atoms. The molecule has 0 aromatic heterocycles. The quantitative estimate of drug-likeness (QED) is 0.203. The largest absolute Gasteiger partial charge is 0.507 e. The van der Waals surface area contributed by atoms with E-state index in [1.165, 1.54) is 4.90 Å². The standard InChI is InChI=1S/C33H37NO5/c1-8-17-39-26-12-10-9-11-25(26)34-29(22-13-15-23(16-14-22)33(4,5)6)28(31(36)32(34)37)30(35)24-18-21(3)27(38-7)19-20(24)2/h9-16,18-19,29,35H,8,17H2,1-7H3/b30-28+. The van der Waals surface area contributed by atoms with Crippen LogP contribution in [-0.4, -0.2) is 30.5 Å². The number of ether oxygens (including phenoxy) is 2. The highest BCUT2D eigenvalue weighted by Gasteiger charge is 2.48. The van der Waals surface area contributed by atoms with Crippen LogP contribution in [0.5, 0.6) is 11.5 Å². The summed E-state index contributed by atoms with van der Waals surface area (Å²) in [5.41, 5.74) is 4.32. The molecule has 0 radical (unpaired) electrons. The molecule has 1 aliphatic heterocycles. The zero-order valence-electron chi connectivity index (χ0n) is 23.8. The van der Waals surface area contributed by atoms with Crippen molar-refractivity contribution in [2.75, 3.05) is 18.6 Å². The lowest BCUT2D eigenvalue weighted by Gasteiger charge is -2.28. The summed E-state index contributed by atoms with van der Waals surface area (Å²) in [4.78, 5) is 28.8. The number of para-hydroxylation sites is 2. The summed E-state index contributed by atoms with van der Waals surface area (Å²) in [5.74, 6) is -0.474. The minimum absolute atomic E-state index is 0.0430. The number of aliphatic hydroxyl groups is 1. The highest BCUT2D eigenvalue weighted by atomic mass is 16.5. The molecule has 6 nitrogen and oxygen atoms in total. The van der Waals surface area contributed by atoms with Gasteiger partial charge in [0.2, 0.25) is 0 Å². The van der Waals surface area contributed by atoms with Gasteiger partial charge in [-0.3, -0.25) is 14.5 Å². The number of benzene rings is 3. The third-order valence-corrected chi connectivity index (χ3v) is 7.12. The maximum Gasteiger partial charge on any atom is 0.300 e. The van der Waals surface area contributed by atoms with Crippen LogP contribution < -0.4 is 14.4 Å². The Bertz CT molecular complexity index is 1430. The van der Waals surface area contributed by atoms with E-state index in [4.69, 9.17) is 9.47 Å². The Kier molecular flexibility index (Phi) is 7.86. The van der Waals surface area contributed by atoms with Gasteiger partial charge in [-0.2, -0.15) is 0 Å². The van der Waals surface area contributed by atoms with Crippen molar-refractivity contribution >= 4 is 23.1 Å². The highest BCUT2D eigenvalue weighted by molar-refractivity contribution is 6.52. The van der Waals surface area contributed by atoms with Gasteiger partial charge < -0.3 is 14.6 Å². The molecule has 1 aliphatic rings. The first-order chi connectivity index (χ1) is 18.5. The number of carbonyl (C=O) groups is 2. The molecule has 1 saturated heterocycles. The number of hydrogen-bond donors (Lipinski definition) is 1. The van der Waals surface area contributed by atoms with E-state index >= 15 is 0 Å². The summed E-state index contributed by atoms with van der Waals surface area (Å²) in [7, 11) is 1.59. The zero-order valence-corrected chi connectivity index (χ0v) is 23.8. The maximum atomic E-state index is 13.7. The second-order valence-corrected chi connectivity index (χ2v) is 11.0. The average molecular weight is 528 g/mol. The Balaban J connectivity index is 1.97. The van der Waals surface area contributed by atoms with Crippen LogP contribution in [0.25, 0.3) is 5.76 Å². The molecule has 1 heterocycles. The molecular weight excluding hydrogens is 490 g/mol. The van der Waals surface area contributed by atoms with Crippen LogP contribution in [0.4, 0.5) is 5.69 Å². The number of carbonyl (C=O) groups excluding carboxylic acids is 2. The summed E-state index contributed by atoms with van der Waals surface area (Å²) >= 11 is 0. The predicted octanol–water partition coefficient (Wildman–Crippen LogP) is 7.02. The normalized spacial score (nSPS) is 17.0.